The summed E-state index contributed by atoms with van der Waals surface area (Å²) in [5.41, 5.74) is -0.469. The Bertz CT molecular complexity index is 611. The molecule has 0 aliphatic rings. The van der Waals surface area contributed by atoms with E-state index in [-0.39, 0.29) is 11.5 Å². The molecular weight excluding hydrogens is 378 g/mol. The highest BCUT2D eigenvalue weighted by atomic mass is 35.5. The summed E-state index contributed by atoms with van der Waals surface area (Å²) in [7, 11) is 1.68. The lowest BCUT2D eigenvalue weighted by Gasteiger charge is -2.28. The van der Waals surface area contributed by atoms with Gasteiger partial charge >= 0.3 is 0 Å². The van der Waals surface area contributed by atoms with Crippen molar-refractivity contribution >= 4 is 23.2 Å². The molecule has 1 amide bonds. The van der Waals surface area contributed by atoms with E-state index in [1.165, 1.54) is 0 Å². The van der Waals surface area contributed by atoms with E-state index < -0.39 is 5.60 Å². The summed E-state index contributed by atoms with van der Waals surface area (Å²) in [4.78, 5) is 12.8. The van der Waals surface area contributed by atoms with Gasteiger partial charge in [0.15, 0.2) is 0 Å². The number of anilines is 1. The molecule has 0 unspecified atom stereocenters. The monoisotopic (exact) mass is 413 g/mol. The quantitative estimate of drug-likeness (QED) is 0.440. The van der Waals surface area contributed by atoms with E-state index in [2.05, 4.69) is 12.2 Å². The minimum atomic E-state index is -0.848. The Morgan fingerprint density at radius 1 is 1.11 bits per heavy atom. The number of carbonyl (C=O) groups excluding carboxylic acids is 1. The Morgan fingerprint density at radius 3 is 2.39 bits per heavy atom. The molecule has 1 aromatic carbocycles. The first-order valence-electron chi connectivity index (χ1n) is 10.1. The maximum Gasteiger partial charge on any atom is 0.256 e. The van der Waals surface area contributed by atoms with E-state index in [1.54, 1.807) is 25.3 Å². The Kier molecular flexibility index (Phi) is 10.3. The number of methoxy groups -OCH3 is 1. The highest BCUT2D eigenvalue weighted by molar-refractivity contribution is 6.32. The van der Waals surface area contributed by atoms with Crippen LogP contribution in [0.3, 0.4) is 0 Å². The van der Waals surface area contributed by atoms with Gasteiger partial charge in [-0.2, -0.15) is 0 Å². The third-order valence-electron chi connectivity index (χ3n) is 4.82. The number of benzene rings is 1. The summed E-state index contributed by atoms with van der Waals surface area (Å²) < 4.78 is 17.0. The van der Waals surface area contributed by atoms with Crippen LogP contribution in [0.15, 0.2) is 18.2 Å². The fourth-order valence-electron chi connectivity index (χ4n) is 2.56. The average Bonchev–Trinajstić information content (AvgIpc) is 2.66. The van der Waals surface area contributed by atoms with Crippen molar-refractivity contribution < 1.29 is 19.0 Å². The highest BCUT2D eigenvalue weighted by Crippen LogP contribution is 2.29. The molecule has 0 bridgehead atoms. The molecule has 5 nitrogen and oxygen atoms in total. The number of hydrogen-bond donors (Lipinski definition) is 1. The number of nitrogens with one attached hydrogen (secondary N) is 1. The number of hydrogen-bond acceptors (Lipinski definition) is 4. The lowest BCUT2D eigenvalue weighted by molar-refractivity contribution is -0.140. The van der Waals surface area contributed by atoms with Crippen LogP contribution >= 0.6 is 11.6 Å². The molecule has 6 heteroatoms. The van der Waals surface area contributed by atoms with E-state index >= 15 is 0 Å². The van der Waals surface area contributed by atoms with Gasteiger partial charge in [0, 0.05) is 25.8 Å². The number of carbonyl (C=O) groups is 1. The summed E-state index contributed by atoms with van der Waals surface area (Å²) in [6.07, 6.45) is 4.23. The van der Waals surface area contributed by atoms with Gasteiger partial charge in [0.25, 0.3) is 5.91 Å². The van der Waals surface area contributed by atoms with Crippen molar-refractivity contribution in [1.82, 2.24) is 0 Å². The summed E-state index contributed by atoms with van der Waals surface area (Å²) >= 11 is 6.34. The fraction of sp³-hybridized carbons (Fsp3) is 0.682. The van der Waals surface area contributed by atoms with Crippen LogP contribution < -0.4 is 10.1 Å². The van der Waals surface area contributed by atoms with Crippen LogP contribution in [0.1, 0.15) is 66.7 Å². The average molecular weight is 414 g/mol. The van der Waals surface area contributed by atoms with Gasteiger partial charge in [-0.15, -0.1) is 0 Å². The van der Waals surface area contributed by atoms with Crippen molar-refractivity contribution in [1.29, 1.82) is 0 Å². The molecule has 0 radical (unpaired) electrons. The van der Waals surface area contributed by atoms with Crippen molar-refractivity contribution in [2.24, 2.45) is 0 Å². The molecule has 0 saturated heterocycles. The molecule has 1 aromatic rings. The molecule has 1 atom stereocenters. The number of unbranched alkanes of at least 4 members (excludes halogenated alkanes) is 1. The predicted octanol–water partition coefficient (Wildman–Crippen LogP) is 5.85. The highest BCUT2D eigenvalue weighted by Gasteiger charge is 2.33. The molecule has 0 saturated carbocycles. The summed E-state index contributed by atoms with van der Waals surface area (Å²) in [5, 5.41) is 3.39. The lowest BCUT2D eigenvalue weighted by atomic mass is 9.97. The Labute approximate surface area is 175 Å². The van der Waals surface area contributed by atoms with Crippen molar-refractivity contribution in [3.63, 3.8) is 0 Å². The second-order valence-corrected chi connectivity index (χ2v) is 8.25. The molecule has 1 rings (SSSR count). The third-order valence-corrected chi connectivity index (χ3v) is 5.11. The van der Waals surface area contributed by atoms with Gasteiger partial charge in [0.1, 0.15) is 11.4 Å². The van der Waals surface area contributed by atoms with Gasteiger partial charge in [0.05, 0.1) is 17.2 Å². The van der Waals surface area contributed by atoms with Crippen molar-refractivity contribution in [2.45, 2.75) is 77.9 Å². The molecule has 28 heavy (non-hydrogen) atoms. The van der Waals surface area contributed by atoms with Crippen molar-refractivity contribution in [3.8, 4) is 5.75 Å². The minimum absolute atomic E-state index is 0.152. The molecule has 160 valence electrons. The van der Waals surface area contributed by atoms with Gasteiger partial charge in [0.2, 0.25) is 0 Å². The van der Waals surface area contributed by atoms with E-state index in [4.69, 9.17) is 25.8 Å². The van der Waals surface area contributed by atoms with Gasteiger partial charge in [-0.3, -0.25) is 4.79 Å². The van der Waals surface area contributed by atoms with Crippen LogP contribution in [-0.2, 0) is 14.3 Å². The predicted molar refractivity (Wildman–Crippen MR) is 115 cm³/mol. The first-order valence-corrected chi connectivity index (χ1v) is 10.5. The maximum atomic E-state index is 12.8. The number of halogens is 1. The lowest BCUT2D eigenvalue weighted by Crippen LogP contribution is -2.43. The smallest absolute Gasteiger partial charge is 0.256 e. The Morgan fingerprint density at radius 2 is 1.82 bits per heavy atom. The van der Waals surface area contributed by atoms with Gasteiger partial charge in [-0.25, -0.2) is 0 Å². The second kappa shape index (κ2) is 11.6. The standard InChI is InChI=1S/C22H36ClNO4/c1-7-9-12-22(5,28-14-8-2)20(25)24-17-10-11-19(18(23)16-17)27-15-13-21(3,4)26-6/h10-11,16H,7-9,12-15H2,1-6H3,(H,24,25)/t22-/m0/s1. The number of rotatable bonds is 13. The fourth-order valence-corrected chi connectivity index (χ4v) is 2.80. The van der Waals surface area contributed by atoms with Crippen LogP contribution in [0.25, 0.3) is 0 Å². The molecular formula is C22H36ClNO4. The first kappa shape index (κ1) is 24.7. The molecule has 0 aliphatic heterocycles. The van der Waals surface area contributed by atoms with Crippen LogP contribution in [0.5, 0.6) is 5.75 Å². The Hall–Kier alpha value is -1.30. The summed E-state index contributed by atoms with van der Waals surface area (Å²) in [5.74, 6) is 0.434. The van der Waals surface area contributed by atoms with Gasteiger partial charge < -0.3 is 19.5 Å². The molecule has 0 heterocycles. The third kappa shape index (κ3) is 7.98. The van der Waals surface area contributed by atoms with E-state index in [0.717, 1.165) is 25.7 Å². The second-order valence-electron chi connectivity index (χ2n) is 7.84. The number of ether oxygens (including phenoxy) is 3. The largest absolute Gasteiger partial charge is 0.492 e. The van der Waals surface area contributed by atoms with Crippen LogP contribution in [0.4, 0.5) is 5.69 Å². The molecule has 0 spiro atoms. The van der Waals surface area contributed by atoms with E-state index in [9.17, 15) is 4.79 Å². The Balaban J connectivity index is 2.75. The van der Waals surface area contributed by atoms with Gasteiger partial charge in [-0.1, -0.05) is 38.3 Å². The summed E-state index contributed by atoms with van der Waals surface area (Å²) in [6, 6.07) is 5.27. The van der Waals surface area contributed by atoms with Crippen molar-refractivity contribution in [2.75, 3.05) is 25.6 Å². The minimum Gasteiger partial charge on any atom is -0.492 e. The van der Waals surface area contributed by atoms with E-state index in [0.29, 0.717) is 36.1 Å². The molecule has 0 fully saturated rings. The molecule has 0 aliphatic carbocycles. The maximum absolute atomic E-state index is 12.8. The van der Waals surface area contributed by atoms with Gasteiger partial charge in [-0.05, 0) is 51.8 Å². The summed E-state index contributed by atoms with van der Waals surface area (Å²) in [6.45, 7) is 11.0. The zero-order valence-electron chi connectivity index (χ0n) is 18.2. The normalized spacial score (nSPS) is 13.8. The van der Waals surface area contributed by atoms with E-state index in [1.807, 2.05) is 27.7 Å². The number of amides is 1. The SMILES string of the molecule is CCCC[C@](C)(OCCC)C(=O)Nc1ccc(OCCC(C)(C)OC)c(Cl)c1. The van der Waals surface area contributed by atoms with Crippen molar-refractivity contribution in [3.05, 3.63) is 23.2 Å². The van der Waals surface area contributed by atoms with Crippen LogP contribution in [-0.4, -0.2) is 37.4 Å². The topological polar surface area (TPSA) is 56.8 Å². The zero-order chi connectivity index (χ0) is 21.2. The molecule has 0 aromatic heterocycles. The van der Waals surface area contributed by atoms with Crippen LogP contribution in [0.2, 0.25) is 5.02 Å². The molecule has 1 N–H and O–H groups in total. The zero-order valence-corrected chi connectivity index (χ0v) is 18.9. The van der Waals surface area contributed by atoms with Crippen LogP contribution in [0, 0.1) is 0 Å². The first-order chi connectivity index (χ1) is 13.2.